The number of halogens is 1. The average Bonchev–Trinajstić information content (AvgIpc) is 2.62. The number of carbonyl (C=O) groups excluding carboxylic acids is 1. The van der Waals surface area contributed by atoms with E-state index in [9.17, 15) is 4.79 Å². The van der Waals surface area contributed by atoms with Gasteiger partial charge in [-0.1, -0.05) is 19.1 Å². The third kappa shape index (κ3) is 4.50. The van der Waals surface area contributed by atoms with Crippen LogP contribution in [-0.2, 0) is 6.54 Å². The van der Waals surface area contributed by atoms with Crippen molar-refractivity contribution in [3.8, 4) is 0 Å². The average molecular weight is 352 g/mol. The molecule has 1 aliphatic heterocycles. The van der Waals surface area contributed by atoms with E-state index in [0.29, 0.717) is 6.54 Å². The normalized spacial score (nSPS) is 25.2. The molecule has 1 saturated heterocycles. The van der Waals surface area contributed by atoms with Gasteiger partial charge in [0.15, 0.2) is 0 Å². The van der Waals surface area contributed by atoms with E-state index < -0.39 is 0 Å². The summed E-state index contributed by atoms with van der Waals surface area (Å²) >= 11 is 0. The van der Waals surface area contributed by atoms with E-state index >= 15 is 0 Å². The van der Waals surface area contributed by atoms with Gasteiger partial charge >= 0.3 is 0 Å². The molecule has 2 fully saturated rings. The van der Waals surface area contributed by atoms with Gasteiger partial charge in [0.25, 0.3) is 5.91 Å². The second-order valence-corrected chi connectivity index (χ2v) is 7.14. The van der Waals surface area contributed by atoms with Gasteiger partial charge in [-0.15, -0.1) is 12.4 Å². The molecule has 0 spiro atoms. The lowest BCUT2D eigenvalue weighted by Gasteiger charge is -2.41. The van der Waals surface area contributed by atoms with E-state index in [1.807, 2.05) is 29.2 Å². The maximum atomic E-state index is 12.6. The molecule has 0 aromatic heterocycles. The molecule has 1 aliphatic carbocycles. The second-order valence-electron chi connectivity index (χ2n) is 7.14. The molecule has 1 amide bonds. The summed E-state index contributed by atoms with van der Waals surface area (Å²) in [5.41, 5.74) is 7.46. The molecular weight excluding hydrogens is 322 g/mol. The molecular formula is C19H30ClN3O. The largest absolute Gasteiger partial charge is 0.336 e. The van der Waals surface area contributed by atoms with Crippen molar-refractivity contribution in [1.82, 2.24) is 9.80 Å². The fourth-order valence-electron chi connectivity index (χ4n) is 3.86. The first-order valence-corrected chi connectivity index (χ1v) is 8.99. The summed E-state index contributed by atoms with van der Waals surface area (Å²) in [4.78, 5) is 17.2. The van der Waals surface area contributed by atoms with Gasteiger partial charge in [0.1, 0.15) is 0 Å². The van der Waals surface area contributed by atoms with Gasteiger partial charge in [-0.05, 0) is 49.3 Å². The number of carbonyl (C=O) groups is 1. The lowest BCUT2D eigenvalue weighted by Crippen LogP contribution is -2.52. The van der Waals surface area contributed by atoms with Crippen molar-refractivity contribution >= 4 is 18.3 Å². The quantitative estimate of drug-likeness (QED) is 0.910. The monoisotopic (exact) mass is 351 g/mol. The lowest BCUT2D eigenvalue weighted by atomic mass is 9.86. The number of nitrogens with zero attached hydrogens (tertiary/aromatic N) is 2. The predicted octanol–water partition coefficient (Wildman–Crippen LogP) is 2.90. The molecule has 1 heterocycles. The molecule has 0 radical (unpaired) electrons. The Morgan fingerprint density at radius 3 is 2.17 bits per heavy atom. The molecule has 2 N–H and O–H groups in total. The third-order valence-electron chi connectivity index (χ3n) is 5.54. The molecule has 24 heavy (non-hydrogen) atoms. The van der Waals surface area contributed by atoms with Gasteiger partial charge in [0.2, 0.25) is 0 Å². The molecule has 4 nitrogen and oxygen atoms in total. The first-order chi connectivity index (χ1) is 11.2. The molecule has 1 aromatic rings. The van der Waals surface area contributed by atoms with Crippen LogP contribution in [0, 0.1) is 5.92 Å². The van der Waals surface area contributed by atoms with Crippen LogP contribution >= 0.6 is 12.4 Å². The first-order valence-electron chi connectivity index (χ1n) is 8.99. The van der Waals surface area contributed by atoms with Crippen molar-refractivity contribution in [3.63, 3.8) is 0 Å². The van der Waals surface area contributed by atoms with Crippen LogP contribution in [0.5, 0.6) is 0 Å². The third-order valence-corrected chi connectivity index (χ3v) is 5.54. The van der Waals surface area contributed by atoms with Gasteiger partial charge in [-0.25, -0.2) is 0 Å². The van der Waals surface area contributed by atoms with E-state index in [4.69, 9.17) is 5.73 Å². The first kappa shape index (κ1) is 19.2. The van der Waals surface area contributed by atoms with Gasteiger partial charge < -0.3 is 10.6 Å². The summed E-state index contributed by atoms with van der Waals surface area (Å²) < 4.78 is 0. The number of amides is 1. The molecule has 3 rings (SSSR count). The maximum Gasteiger partial charge on any atom is 0.253 e. The van der Waals surface area contributed by atoms with Gasteiger partial charge in [0.05, 0.1) is 0 Å². The van der Waals surface area contributed by atoms with Crippen LogP contribution in [0.4, 0.5) is 0 Å². The van der Waals surface area contributed by atoms with Crippen LogP contribution in [0.3, 0.4) is 0 Å². The zero-order valence-corrected chi connectivity index (χ0v) is 15.4. The summed E-state index contributed by atoms with van der Waals surface area (Å²) in [7, 11) is 0. The van der Waals surface area contributed by atoms with Crippen LogP contribution in [0.15, 0.2) is 24.3 Å². The van der Waals surface area contributed by atoms with Gasteiger partial charge in [0, 0.05) is 44.3 Å². The maximum absolute atomic E-state index is 12.6. The van der Waals surface area contributed by atoms with Gasteiger partial charge in [-0.3, -0.25) is 9.69 Å². The highest BCUT2D eigenvalue weighted by atomic mass is 35.5. The summed E-state index contributed by atoms with van der Waals surface area (Å²) in [6.07, 6.45) is 5.37. The summed E-state index contributed by atoms with van der Waals surface area (Å²) in [5.74, 6) is 1.05. The van der Waals surface area contributed by atoms with Crippen LogP contribution in [-0.4, -0.2) is 47.9 Å². The number of piperazine rings is 1. The lowest BCUT2D eigenvalue weighted by molar-refractivity contribution is 0.0501. The minimum absolute atomic E-state index is 0. The highest BCUT2D eigenvalue weighted by molar-refractivity contribution is 5.94. The molecule has 1 saturated carbocycles. The van der Waals surface area contributed by atoms with Crippen molar-refractivity contribution in [3.05, 3.63) is 35.4 Å². The van der Waals surface area contributed by atoms with E-state index in [-0.39, 0.29) is 18.3 Å². The summed E-state index contributed by atoms with van der Waals surface area (Å²) in [6, 6.07) is 8.45. The molecule has 134 valence electrons. The SMILES string of the molecule is CC1CCC(N2CCN(C(=O)c3ccc(CN)cc3)CC2)CC1.Cl. The molecule has 0 bridgehead atoms. The van der Waals surface area contributed by atoms with Crippen molar-refractivity contribution in [1.29, 1.82) is 0 Å². The fourth-order valence-corrected chi connectivity index (χ4v) is 3.86. The van der Waals surface area contributed by atoms with Crippen molar-refractivity contribution in [2.75, 3.05) is 26.2 Å². The van der Waals surface area contributed by atoms with Crippen LogP contribution < -0.4 is 5.73 Å². The Hall–Kier alpha value is -1.10. The number of hydrogen-bond acceptors (Lipinski definition) is 3. The number of benzene rings is 1. The molecule has 0 unspecified atom stereocenters. The fraction of sp³-hybridized carbons (Fsp3) is 0.632. The van der Waals surface area contributed by atoms with Crippen LogP contribution in [0.2, 0.25) is 0 Å². The standard InChI is InChI=1S/C19H29N3O.ClH/c1-15-2-8-18(9-3-15)21-10-12-22(13-11-21)19(23)17-6-4-16(14-20)5-7-17;/h4-7,15,18H,2-3,8-14,20H2,1H3;1H. The highest BCUT2D eigenvalue weighted by Crippen LogP contribution is 2.27. The highest BCUT2D eigenvalue weighted by Gasteiger charge is 2.28. The Balaban J connectivity index is 0.00000208. The Morgan fingerprint density at radius 2 is 1.62 bits per heavy atom. The minimum Gasteiger partial charge on any atom is -0.336 e. The summed E-state index contributed by atoms with van der Waals surface area (Å²) in [5, 5.41) is 0. The van der Waals surface area contributed by atoms with E-state index in [2.05, 4.69) is 11.8 Å². The van der Waals surface area contributed by atoms with E-state index in [0.717, 1.165) is 49.3 Å². The molecule has 2 aliphatic rings. The van der Waals surface area contributed by atoms with E-state index in [1.54, 1.807) is 0 Å². The van der Waals surface area contributed by atoms with Crippen molar-refractivity contribution in [2.24, 2.45) is 11.7 Å². The Morgan fingerprint density at radius 1 is 1.04 bits per heavy atom. The Bertz CT molecular complexity index is 518. The number of rotatable bonds is 3. The minimum atomic E-state index is 0. The zero-order valence-electron chi connectivity index (χ0n) is 14.6. The van der Waals surface area contributed by atoms with Crippen molar-refractivity contribution in [2.45, 2.75) is 45.2 Å². The van der Waals surface area contributed by atoms with Crippen LogP contribution in [0.25, 0.3) is 0 Å². The van der Waals surface area contributed by atoms with E-state index in [1.165, 1.54) is 25.7 Å². The number of hydrogen-bond donors (Lipinski definition) is 1. The van der Waals surface area contributed by atoms with Crippen molar-refractivity contribution < 1.29 is 4.79 Å². The molecule has 0 atom stereocenters. The van der Waals surface area contributed by atoms with Gasteiger partial charge in [-0.2, -0.15) is 0 Å². The topological polar surface area (TPSA) is 49.6 Å². The second kappa shape index (κ2) is 8.84. The summed E-state index contributed by atoms with van der Waals surface area (Å²) in [6.45, 7) is 6.63. The molecule has 1 aromatic carbocycles. The molecule has 5 heteroatoms. The Kier molecular flexibility index (Phi) is 7.08. The Labute approximate surface area is 151 Å². The number of nitrogens with two attached hydrogens (primary N) is 1. The smallest absolute Gasteiger partial charge is 0.253 e. The zero-order chi connectivity index (χ0) is 16.2. The van der Waals surface area contributed by atoms with Crippen LogP contribution in [0.1, 0.15) is 48.5 Å². The predicted molar refractivity (Wildman–Crippen MR) is 100 cm³/mol.